The average molecular weight is 311 g/mol. The highest BCUT2D eigenvalue weighted by Crippen LogP contribution is 1.98. The number of rotatable bonds is 11. The summed E-state index contributed by atoms with van der Waals surface area (Å²) in [7, 11) is 1.77. The molecule has 0 saturated carbocycles. The van der Waals surface area contributed by atoms with Gasteiger partial charge in [-0.3, -0.25) is 4.99 Å². The quantitative estimate of drug-likeness (QED) is 0.367. The minimum atomic E-state index is 0.682. The second-order valence-electron chi connectivity index (χ2n) is 5.08. The molecule has 7 heteroatoms. The SMILES string of the molecule is CCCCOCCCNC(=NC)NCCCc1nc(C)no1. The minimum absolute atomic E-state index is 0.682. The van der Waals surface area contributed by atoms with Gasteiger partial charge in [0.05, 0.1) is 0 Å². The number of nitrogens with one attached hydrogen (secondary N) is 2. The molecule has 0 radical (unpaired) electrons. The zero-order valence-electron chi connectivity index (χ0n) is 14.0. The van der Waals surface area contributed by atoms with Crippen LogP contribution < -0.4 is 10.6 Å². The highest BCUT2D eigenvalue weighted by atomic mass is 16.5. The summed E-state index contributed by atoms with van der Waals surface area (Å²) < 4.78 is 10.6. The summed E-state index contributed by atoms with van der Waals surface area (Å²) in [4.78, 5) is 8.36. The third-order valence-electron chi connectivity index (χ3n) is 3.05. The Morgan fingerprint density at radius 2 is 1.91 bits per heavy atom. The predicted octanol–water partition coefficient (Wildman–Crippen LogP) is 1.68. The topological polar surface area (TPSA) is 84.6 Å². The number of unbranched alkanes of at least 4 members (excludes halogenated alkanes) is 1. The normalized spacial score (nSPS) is 11.7. The molecule has 1 heterocycles. The minimum Gasteiger partial charge on any atom is -0.381 e. The first-order valence-electron chi connectivity index (χ1n) is 8.07. The van der Waals surface area contributed by atoms with Crippen LogP contribution in [0.4, 0.5) is 0 Å². The van der Waals surface area contributed by atoms with Gasteiger partial charge in [-0.25, -0.2) is 0 Å². The summed E-state index contributed by atoms with van der Waals surface area (Å²) in [5.41, 5.74) is 0. The molecule has 0 amide bonds. The van der Waals surface area contributed by atoms with E-state index in [9.17, 15) is 0 Å². The van der Waals surface area contributed by atoms with E-state index in [1.54, 1.807) is 7.05 Å². The fourth-order valence-electron chi connectivity index (χ4n) is 1.84. The fraction of sp³-hybridized carbons (Fsp3) is 0.800. The van der Waals surface area contributed by atoms with Crippen molar-refractivity contribution in [2.24, 2.45) is 4.99 Å². The first-order chi connectivity index (χ1) is 10.8. The van der Waals surface area contributed by atoms with Gasteiger partial charge < -0.3 is 19.9 Å². The number of hydrogen-bond donors (Lipinski definition) is 2. The van der Waals surface area contributed by atoms with E-state index in [0.29, 0.717) is 11.7 Å². The molecular weight excluding hydrogens is 282 g/mol. The van der Waals surface area contributed by atoms with Gasteiger partial charge in [-0.05, 0) is 26.2 Å². The molecule has 0 spiro atoms. The molecule has 0 bridgehead atoms. The van der Waals surface area contributed by atoms with Crippen LogP contribution in [0.3, 0.4) is 0 Å². The molecule has 0 saturated heterocycles. The number of ether oxygens (including phenoxy) is 1. The molecule has 0 aliphatic carbocycles. The van der Waals surface area contributed by atoms with Crippen LogP contribution in [0, 0.1) is 6.92 Å². The van der Waals surface area contributed by atoms with E-state index in [-0.39, 0.29) is 0 Å². The molecule has 2 N–H and O–H groups in total. The van der Waals surface area contributed by atoms with Crippen LogP contribution in [-0.4, -0.2) is 49.5 Å². The van der Waals surface area contributed by atoms with Gasteiger partial charge in [-0.15, -0.1) is 0 Å². The lowest BCUT2D eigenvalue weighted by molar-refractivity contribution is 0.129. The van der Waals surface area contributed by atoms with E-state index < -0.39 is 0 Å². The van der Waals surface area contributed by atoms with Crippen LogP contribution in [0.25, 0.3) is 0 Å². The molecule has 0 aliphatic heterocycles. The Morgan fingerprint density at radius 1 is 1.18 bits per heavy atom. The first-order valence-corrected chi connectivity index (χ1v) is 8.07. The van der Waals surface area contributed by atoms with Crippen LogP contribution >= 0.6 is 0 Å². The Morgan fingerprint density at radius 3 is 2.55 bits per heavy atom. The summed E-state index contributed by atoms with van der Waals surface area (Å²) in [5, 5.41) is 10.3. The largest absolute Gasteiger partial charge is 0.381 e. The lowest BCUT2D eigenvalue weighted by Crippen LogP contribution is -2.38. The summed E-state index contributed by atoms with van der Waals surface area (Å²) >= 11 is 0. The lowest BCUT2D eigenvalue weighted by Gasteiger charge is -2.11. The Labute approximate surface area is 132 Å². The van der Waals surface area contributed by atoms with E-state index in [1.165, 1.54) is 6.42 Å². The molecule has 1 rings (SSSR count). The maximum absolute atomic E-state index is 5.52. The molecule has 0 unspecified atom stereocenters. The van der Waals surface area contributed by atoms with Crippen molar-refractivity contribution in [2.45, 2.75) is 46.0 Å². The van der Waals surface area contributed by atoms with E-state index in [0.717, 1.165) is 57.9 Å². The van der Waals surface area contributed by atoms with Gasteiger partial charge in [0.25, 0.3) is 0 Å². The van der Waals surface area contributed by atoms with Crippen LogP contribution in [0.2, 0.25) is 0 Å². The molecule has 7 nitrogen and oxygen atoms in total. The molecule has 0 fully saturated rings. The predicted molar refractivity (Wildman–Crippen MR) is 87.1 cm³/mol. The van der Waals surface area contributed by atoms with Gasteiger partial charge in [-0.2, -0.15) is 4.98 Å². The maximum Gasteiger partial charge on any atom is 0.226 e. The van der Waals surface area contributed by atoms with Crippen LogP contribution in [0.5, 0.6) is 0 Å². The maximum atomic E-state index is 5.52. The van der Waals surface area contributed by atoms with E-state index in [1.807, 2.05) is 6.92 Å². The number of aryl methyl sites for hydroxylation is 2. The molecule has 0 atom stereocenters. The third kappa shape index (κ3) is 8.61. The zero-order valence-corrected chi connectivity index (χ0v) is 14.0. The molecule has 0 aromatic carbocycles. The second kappa shape index (κ2) is 12.0. The molecule has 126 valence electrons. The zero-order chi connectivity index (χ0) is 16.0. The Kier molecular flexibility index (Phi) is 10.0. The summed E-state index contributed by atoms with van der Waals surface area (Å²) in [6, 6.07) is 0. The Balaban J connectivity index is 2.00. The Hall–Kier alpha value is -1.63. The number of guanidine groups is 1. The highest BCUT2D eigenvalue weighted by Gasteiger charge is 2.02. The van der Waals surface area contributed by atoms with Crippen LogP contribution in [-0.2, 0) is 11.2 Å². The fourth-order valence-corrected chi connectivity index (χ4v) is 1.84. The number of aromatic nitrogens is 2. The number of hydrogen-bond acceptors (Lipinski definition) is 5. The first kappa shape index (κ1) is 18.4. The monoisotopic (exact) mass is 311 g/mol. The molecular formula is C15H29N5O2. The molecule has 1 aromatic heterocycles. The van der Waals surface area contributed by atoms with Crippen molar-refractivity contribution < 1.29 is 9.26 Å². The van der Waals surface area contributed by atoms with E-state index in [4.69, 9.17) is 9.26 Å². The van der Waals surface area contributed by atoms with Gasteiger partial charge in [0.2, 0.25) is 5.89 Å². The van der Waals surface area contributed by atoms with E-state index in [2.05, 4.69) is 32.7 Å². The molecule has 1 aromatic rings. The van der Waals surface area contributed by atoms with Gasteiger partial charge >= 0.3 is 0 Å². The van der Waals surface area contributed by atoms with Crippen molar-refractivity contribution in [1.82, 2.24) is 20.8 Å². The van der Waals surface area contributed by atoms with Crippen molar-refractivity contribution in [1.29, 1.82) is 0 Å². The van der Waals surface area contributed by atoms with Crippen molar-refractivity contribution in [3.63, 3.8) is 0 Å². The van der Waals surface area contributed by atoms with E-state index >= 15 is 0 Å². The number of nitrogens with zero attached hydrogens (tertiary/aromatic N) is 3. The van der Waals surface area contributed by atoms with Crippen LogP contribution in [0.15, 0.2) is 9.52 Å². The lowest BCUT2D eigenvalue weighted by atomic mass is 10.3. The van der Waals surface area contributed by atoms with Crippen molar-refractivity contribution in [3.8, 4) is 0 Å². The van der Waals surface area contributed by atoms with Gasteiger partial charge in [0, 0.05) is 39.8 Å². The van der Waals surface area contributed by atoms with Crippen molar-refractivity contribution in [3.05, 3.63) is 11.7 Å². The van der Waals surface area contributed by atoms with Crippen molar-refractivity contribution in [2.75, 3.05) is 33.4 Å². The van der Waals surface area contributed by atoms with Gasteiger partial charge in [0.15, 0.2) is 11.8 Å². The molecule has 22 heavy (non-hydrogen) atoms. The summed E-state index contributed by atoms with van der Waals surface area (Å²) in [6.45, 7) is 7.31. The summed E-state index contributed by atoms with van der Waals surface area (Å²) in [6.07, 6.45) is 4.98. The third-order valence-corrected chi connectivity index (χ3v) is 3.05. The molecule has 0 aliphatic rings. The second-order valence-corrected chi connectivity index (χ2v) is 5.08. The smallest absolute Gasteiger partial charge is 0.226 e. The Bertz CT molecular complexity index is 420. The number of aliphatic imine (C=N–C) groups is 1. The van der Waals surface area contributed by atoms with Gasteiger partial charge in [0.1, 0.15) is 0 Å². The average Bonchev–Trinajstić information content (AvgIpc) is 2.94. The standard InChI is InChI=1S/C15H29N5O2/c1-4-5-11-21-12-7-10-18-15(16-3)17-9-6-8-14-19-13(2)20-22-14/h4-12H2,1-3H3,(H2,16,17,18). The van der Waals surface area contributed by atoms with Crippen molar-refractivity contribution >= 4 is 5.96 Å². The summed E-state index contributed by atoms with van der Waals surface area (Å²) in [5.74, 6) is 2.18. The highest BCUT2D eigenvalue weighted by molar-refractivity contribution is 5.79. The van der Waals surface area contributed by atoms with Crippen LogP contribution in [0.1, 0.15) is 44.3 Å². The van der Waals surface area contributed by atoms with Gasteiger partial charge in [-0.1, -0.05) is 18.5 Å².